The van der Waals surface area contributed by atoms with E-state index in [2.05, 4.69) is 9.97 Å². The van der Waals surface area contributed by atoms with Crippen molar-refractivity contribution in [1.82, 2.24) is 9.97 Å². The largest absolute Gasteiger partial charge is 0.416 e. The van der Waals surface area contributed by atoms with Gasteiger partial charge in [0.2, 0.25) is 0 Å². The molecule has 22 heavy (non-hydrogen) atoms. The second-order valence-corrected chi connectivity index (χ2v) is 5.71. The number of hydrogen-bond acceptors (Lipinski definition) is 4. The van der Waals surface area contributed by atoms with Crippen molar-refractivity contribution < 1.29 is 18.0 Å². The molecular weight excluding hydrogens is 315 g/mol. The molecule has 4 nitrogen and oxygen atoms in total. The number of fused-ring (bicyclic) bond motifs is 1. The lowest BCUT2D eigenvalue weighted by Crippen LogP contribution is -2.36. The van der Waals surface area contributed by atoms with Gasteiger partial charge in [0.05, 0.1) is 17.4 Å². The van der Waals surface area contributed by atoms with E-state index in [1.165, 1.54) is 41.3 Å². The minimum atomic E-state index is -4.45. The van der Waals surface area contributed by atoms with Crippen molar-refractivity contribution in [2.24, 2.45) is 0 Å². The van der Waals surface area contributed by atoms with Crippen LogP contribution in [0.5, 0.6) is 0 Å². The van der Waals surface area contributed by atoms with E-state index in [9.17, 15) is 18.0 Å². The summed E-state index contributed by atoms with van der Waals surface area (Å²) in [6.45, 7) is 0.328. The Morgan fingerprint density at radius 3 is 2.77 bits per heavy atom. The molecular formula is C14H10F3N3OS. The molecule has 0 saturated carbocycles. The number of rotatable bonds is 1. The fraction of sp³-hybridized carbons (Fsp3) is 0.214. The fourth-order valence-corrected chi connectivity index (χ4v) is 3.13. The first-order valence-electron chi connectivity index (χ1n) is 6.39. The number of amides is 1. The minimum absolute atomic E-state index is 0.109. The third kappa shape index (κ3) is 2.78. The molecule has 1 aliphatic rings. The second kappa shape index (κ2) is 5.60. The van der Waals surface area contributed by atoms with Gasteiger partial charge in [0.25, 0.3) is 5.91 Å². The van der Waals surface area contributed by atoms with E-state index in [4.69, 9.17) is 0 Å². The van der Waals surface area contributed by atoms with Crippen LogP contribution in [0.25, 0.3) is 0 Å². The van der Waals surface area contributed by atoms with E-state index in [1.807, 2.05) is 0 Å². The zero-order chi connectivity index (χ0) is 15.7. The summed E-state index contributed by atoms with van der Waals surface area (Å²) >= 11 is 1.43. The van der Waals surface area contributed by atoms with Gasteiger partial charge >= 0.3 is 6.18 Å². The number of benzene rings is 1. The lowest BCUT2D eigenvalue weighted by Gasteiger charge is -2.29. The Kier molecular flexibility index (Phi) is 3.78. The summed E-state index contributed by atoms with van der Waals surface area (Å²) in [4.78, 5) is 22.2. The van der Waals surface area contributed by atoms with Gasteiger partial charge < -0.3 is 4.90 Å². The number of carbonyl (C=O) groups excluding carboxylic acids is 1. The van der Waals surface area contributed by atoms with Gasteiger partial charge in [0, 0.05) is 29.6 Å². The quantitative estimate of drug-likeness (QED) is 0.807. The molecule has 0 fully saturated rings. The van der Waals surface area contributed by atoms with Gasteiger partial charge in [-0.15, -0.1) is 11.8 Å². The fourth-order valence-electron chi connectivity index (χ4n) is 2.15. The average molecular weight is 325 g/mol. The molecule has 0 spiro atoms. The molecule has 0 atom stereocenters. The van der Waals surface area contributed by atoms with Crippen molar-refractivity contribution in [2.45, 2.75) is 11.1 Å². The topological polar surface area (TPSA) is 46.1 Å². The first kappa shape index (κ1) is 14.8. The molecule has 8 heteroatoms. The zero-order valence-corrected chi connectivity index (χ0v) is 12.0. The van der Waals surface area contributed by atoms with Crippen molar-refractivity contribution in [1.29, 1.82) is 0 Å². The number of hydrogen-bond donors (Lipinski definition) is 0. The van der Waals surface area contributed by atoms with Crippen LogP contribution in [0.2, 0.25) is 0 Å². The van der Waals surface area contributed by atoms with E-state index in [-0.39, 0.29) is 11.4 Å². The summed E-state index contributed by atoms with van der Waals surface area (Å²) in [7, 11) is 0. The SMILES string of the molecule is O=C(c1cnccn1)N1CCSc2ccc(C(F)(F)F)cc21. The van der Waals surface area contributed by atoms with Crippen LogP contribution in [0.3, 0.4) is 0 Å². The molecule has 1 amide bonds. The Balaban J connectivity index is 2.02. The summed E-state index contributed by atoms with van der Waals surface area (Å²) in [5, 5.41) is 0. The highest BCUT2D eigenvalue weighted by Gasteiger charge is 2.33. The number of alkyl halides is 3. The normalized spacial score (nSPS) is 14.6. The van der Waals surface area contributed by atoms with Crippen LogP contribution in [0.4, 0.5) is 18.9 Å². The predicted molar refractivity (Wildman–Crippen MR) is 75.9 cm³/mol. The Labute approximate surface area is 128 Å². The first-order chi connectivity index (χ1) is 10.5. The van der Waals surface area contributed by atoms with Gasteiger partial charge in [-0.1, -0.05) is 0 Å². The van der Waals surface area contributed by atoms with Gasteiger partial charge in [0.15, 0.2) is 0 Å². The van der Waals surface area contributed by atoms with Crippen LogP contribution in [0.15, 0.2) is 41.7 Å². The highest BCUT2D eigenvalue weighted by molar-refractivity contribution is 7.99. The number of nitrogens with zero attached hydrogens (tertiary/aromatic N) is 3. The maximum atomic E-state index is 12.9. The maximum absolute atomic E-state index is 12.9. The monoisotopic (exact) mass is 325 g/mol. The highest BCUT2D eigenvalue weighted by Crippen LogP contribution is 2.39. The van der Waals surface area contributed by atoms with E-state index in [0.717, 1.165) is 12.1 Å². The minimum Gasteiger partial charge on any atom is -0.305 e. The summed E-state index contributed by atoms with van der Waals surface area (Å²) in [5.74, 6) is 0.165. The summed E-state index contributed by atoms with van der Waals surface area (Å²) in [6, 6.07) is 3.44. The van der Waals surface area contributed by atoms with Crippen LogP contribution in [0.1, 0.15) is 16.1 Å². The van der Waals surface area contributed by atoms with Crippen molar-refractivity contribution in [3.63, 3.8) is 0 Å². The smallest absolute Gasteiger partial charge is 0.305 e. The molecule has 0 saturated heterocycles. The van der Waals surface area contributed by atoms with Crippen molar-refractivity contribution in [2.75, 3.05) is 17.2 Å². The van der Waals surface area contributed by atoms with Gasteiger partial charge in [-0.2, -0.15) is 13.2 Å². The first-order valence-corrected chi connectivity index (χ1v) is 7.37. The predicted octanol–water partition coefficient (Wildman–Crippen LogP) is 3.25. The van der Waals surface area contributed by atoms with Gasteiger partial charge in [-0.25, -0.2) is 4.98 Å². The Morgan fingerprint density at radius 1 is 1.27 bits per heavy atom. The van der Waals surface area contributed by atoms with E-state index in [1.54, 1.807) is 0 Å². The summed E-state index contributed by atoms with van der Waals surface area (Å²) in [5.41, 5.74) is -0.398. The Hall–Kier alpha value is -2.09. The third-order valence-electron chi connectivity index (χ3n) is 3.18. The average Bonchev–Trinajstić information content (AvgIpc) is 2.53. The molecule has 1 aromatic heterocycles. The highest BCUT2D eigenvalue weighted by atomic mass is 32.2. The summed E-state index contributed by atoms with van der Waals surface area (Å²) < 4.78 is 38.6. The molecule has 0 N–H and O–H groups in total. The van der Waals surface area contributed by atoms with Crippen LogP contribution in [-0.2, 0) is 6.18 Å². The molecule has 2 aromatic rings. The molecule has 2 heterocycles. The molecule has 114 valence electrons. The molecule has 0 unspecified atom stereocenters. The van der Waals surface area contributed by atoms with Crippen molar-refractivity contribution in [3.8, 4) is 0 Å². The molecule has 1 aliphatic heterocycles. The molecule has 0 aliphatic carbocycles. The van der Waals surface area contributed by atoms with E-state index >= 15 is 0 Å². The second-order valence-electron chi connectivity index (χ2n) is 4.58. The van der Waals surface area contributed by atoms with Gasteiger partial charge in [0.1, 0.15) is 5.69 Å². The van der Waals surface area contributed by atoms with Crippen LogP contribution in [0, 0.1) is 0 Å². The van der Waals surface area contributed by atoms with E-state index < -0.39 is 17.6 Å². The zero-order valence-electron chi connectivity index (χ0n) is 11.2. The molecule has 3 rings (SSSR count). The van der Waals surface area contributed by atoms with E-state index in [0.29, 0.717) is 17.2 Å². The number of halogens is 3. The maximum Gasteiger partial charge on any atom is 0.416 e. The van der Waals surface area contributed by atoms with Gasteiger partial charge in [-0.3, -0.25) is 9.78 Å². The molecule has 0 bridgehead atoms. The number of aromatic nitrogens is 2. The van der Waals surface area contributed by atoms with Crippen LogP contribution < -0.4 is 4.90 Å². The third-order valence-corrected chi connectivity index (χ3v) is 4.22. The standard InChI is InChI=1S/C14H10F3N3OS/c15-14(16,17)9-1-2-12-11(7-9)20(5-6-22-12)13(21)10-8-18-3-4-19-10/h1-4,7-8H,5-6H2. The number of thioether (sulfide) groups is 1. The van der Waals surface area contributed by atoms with Gasteiger partial charge in [-0.05, 0) is 18.2 Å². The Morgan fingerprint density at radius 2 is 2.09 bits per heavy atom. The van der Waals surface area contributed by atoms with Crippen molar-refractivity contribution >= 4 is 23.4 Å². The van der Waals surface area contributed by atoms with Crippen molar-refractivity contribution in [3.05, 3.63) is 48.0 Å². The van der Waals surface area contributed by atoms with Crippen LogP contribution in [-0.4, -0.2) is 28.2 Å². The molecule has 0 radical (unpaired) electrons. The summed E-state index contributed by atoms with van der Waals surface area (Å²) in [6.07, 6.45) is -0.340. The molecule has 1 aromatic carbocycles. The number of carbonyl (C=O) groups is 1. The Bertz CT molecular complexity index is 706. The lowest BCUT2D eigenvalue weighted by atomic mass is 10.1. The number of anilines is 1. The lowest BCUT2D eigenvalue weighted by molar-refractivity contribution is -0.137. The van der Waals surface area contributed by atoms with Crippen LogP contribution >= 0.6 is 11.8 Å².